The van der Waals surface area contributed by atoms with E-state index in [2.05, 4.69) is 36.5 Å². The highest BCUT2D eigenvalue weighted by Crippen LogP contribution is 2.34. The van der Waals surface area contributed by atoms with Gasteiger partial charge >= 0.3 is 0 Å². The third kappa shape index (κ3) is 7.17. The maximum Gasteiger partial charge on any atom is 0.245 e. The second-order valence-electron chi connectivity index (χ2n) is 8.57. The lowest BCUT2D eigenvalue weighted by Crippen LogP contribution is -2.22. The molecule has 0 atom stereocenters. The van der Waals surface area contributed by atoms with Crippen LogP contribution in [0.1, 0.15) is 32.0 Å². The molecule has 0 aliphatic heterocycles. The zero-order chi connectivity index (χ0) is 25.9. The first-order valence-corrected chi connectivity index (χ1v) is 11.9. The zero-order valence-electron chi connectivity index (χ0n) is 21.1. The predicted octanol–water partition coefficient (Wildman–Crippen LogP) is 5.35. The second-order valence-corrected chi connectivity index (χ2v) is 8.57. The van der Waals surface area contributed by atoms with E-state index in [1.54, 1.807) is 26.2 Å². The first kappa shape index (κ1) is 26.4. The van der Waals surface area contributed by atoms with Gasteiger partial charge in [-0.15, -0.1) is 0 Å². The number of benzene rings is 3. The van der Waals surface area contributed by atoms with Crippen molar-refractivity contribution in [1.82, 2.24) is 10.2 Å². The molecule has 0 heterocycles. The quantitative estimate of drug-likeness (QED) is 0.112. The summed E-state index contributed by atoms with van der Waals surface area (Å²) < 4.78 is 5.89. The Bertz CT molecular complexity index is 1240. The summed E-state index contributed by atoms with van der Waals surface area (Å²) in [4.78, 5) is 13.1. The highest BCUT2D eigenvalue weighted by Gasteiger charge is 2.12. The Kier molecular flexibility index (Phi) is 9.60. The zero-order valence-corrected chi connectivity index (χ0v) is 21.1. The monoisotopic (exact) mass is 486 g/mol. The number of allylic oxidation sites excluding steroid dienone is 1. The van der Waals surface area contributed by atoms with Crippen molar-refractivity contribution in [2.24, 2.45) is 0 Å². The van der Waals surface area contributed by atoms with Crippen molar-refractivity contribution >= 4 is 29.0 Å². The van der Waals surface area contributed by atoms with E-state index >= 15 is 0 Å². The number of hydrogen-bond acceptors (Lipinski definition) is 5. The minimum Gasteiger partial charge on any atom is -0.492 e. The van der Waals surface area contributed by atoms with Gasteiger partial charge in [-0.25, -0.2) is 0 Å². The van der Waals surface area contributed by atoms with Crippen LogP contribution in [0.25, 0.3) is 11.1 Å². The fraction of sp³-hybridized carbons (Fsp3) is 0.200. The molecule has 3 aromatic carbocycles. The average Bonchev–Trinajstić information content (AvgIpc) is 2.90. The number of ether oxygens (including phenoxy) is 1. The van der Waals surface area contributed by atoms with Crippen LogP contribution in [0.4, 0.5) is 5.69 Å². The van der Waals surface area contributed by atoms with Crippen molar-refractivity contribution in [3.63, 3.8) is 0 Å². The van der Waals surface area contributed by atoms with Gasteiger partial charge in [-0.2, -0.15) is 0 Å². The van der Waals surface area contributed by atoms with Crippen molar-refractivity contribution in [3.05, 3.63) is 107 Å². The minimum atomic E-state index is -0.0305. The maximum absolute atomic E-state index is 11.5. The Morgan fingerprint density at radius 2 is 1.72 bits per heavy atom. The Morgan fingerprint density at radius 1 is 1.03 bits per heavy atom. The Labute approximate surface area is 216 Å². The van der Waals surface area contributed by atoms with Crippen LogP contribution >= 0.6 is 0 Å². The topological polar surface area (TPSA) is 91.4 Å². The molecule has 0 fully saturated rings. The van der Waals surface area contributed by atoms with Crippen molar-refractivity contribution in [1.29, 1.82) is 5.41 Å². The van der Waals surface area contributed by atoms with E-state index in [9.17, 15) is 4.79 Å². The van der Waals surface area contributed by atoms with Crippen molar-refractivity contribution in [2.45, 2.75) is 6.92 Å². The lowest BCUT2D eigenvalue weighted by molar-refractivity contribution is -0.123. The molecule has 4 N–H and O–H groups in total. The molecule has 0 saturated heterocycles. The molecule has 190 valence electrons. The third-order valence-corrected chi connectivity index (χ3v) is 5.77. The molecule has 1 amide bonds. The number of carbonyl (C=O) groups is 1. The smallest absolute Gasteiger partial charge is 0.245 e. The van der Waals surface area contributed by atoms with Crippen LogP contribution in [0.3, 0.4) is 0 Å². The number of carbonyl (C=O) groups excluding carboxylic acids is 1. The van der Waals surface area contributed by atoms with Gasteiger partial charge in [0.15, 0.2) is 0 Å². The number of hydrogen-bond donors (Lipinski definition) is 3. The van der Waals surface area contributed by atoms with E-state index in [0.717, 1.165) is 33.6 Å². The molecular weight excluding hydrogens is 448 g/mol. The Balaban J connectivity index is 0.00000361. The SMILES string of the molecule is C/C(=C(/c1ccc(OCCNC/C=C/C(=O)N(C)C)cc1)c1ccc(N)c(C=N)c1)c1ccccc1.[HH].[HH]. The standard InChI is InChI=1S/C30H34N4O2.2H2/c1-22(23-8-5-4-6-9-23)30(25-13-16-28(32)26(20-25)21-31)24-11-14-27(15-12-24)36-19-18-33-17-7-10-29(35)34(2)3;;/h4-16,20-21,31,33H,17-19,32H2,1-3H3;2*1H/b10-7+,30-22+,31-21?;;. The van der Waals surface area contributed by atoms with Gasteiger partial charge < -0.3 is 26.1 Å². The van der Waals surface area contributed by atoms with E-state index in [1.807, 2.05) is 48.5 Å². The molecule has 0 radical (unpaired) electrons. The fourth-order valence-corrected chi connectivity index (χ4v) is 3.74. The van der Waals surface area contributed by atoms with E-state index in [1.165, 1.54) is 11.1 Å². The number of amides is 1. The van der Waals surface area contributed by atoms with Gasteiger partial charge in [0.25, 0.3) is 0 Å². The number of nitrogens with zero attached hydrogens (tertiary/aromatic N) is 1. The normalized spacial score (nSPS) is 11.8. The van der Waals surface area contributed by atoms with Crippen molar-refractivity contribution in [2.75, 3.05) is 39.5 Å². The lowest BCUT2D eigenvalue weighted by atomic mass is 9.89. The van der Waals surface area contributed by atoms with Crippen LogP contribution in [-0.4, -0.2) is 50.8 Å². The van der Waals surface area contributed by atoms with Crippen LogP contribution in [0.5, 0.6) is 5.75 Å². The van der Waals surface area contributed by atoms with Crippen LogP contribution in [0.2, 0.25) is 0 Å². The van der Waals surface area contributed by atoms with E-state index in [0.29, 0.717) is 30.9 Å². The second kappa shape index (κ2) is 13.1. The summed E-state index contributed by atoms with van der Waals surface area (Å²) in [5.41, 5.74) is 12.7. The van der Waals surface area contributed by atoms with E-state index in [4.69, 9.17) is 15.9 Å². The van der Waals surface area contributed by atoms with Gasteiger partial charge in [0.05, 0.1) is 0 Å². The molecule has 6 nitrogen and oxygen atoms in total. The summed E-state index contributed by atoms with van der Waals surface area (Å²) in [5, 5.41) is 10.9. The molecule has 0 bridgehead atoms. The van der Waals surface area contributed by atoms with E-state index < -0.39 is 0 Å². The first-order valence-electron chi connectivity index (χ1n) is 11.9. The molecule has 0 aliphatic rings. The lowest BCUT2D eigenvalue weighted by Gasteiger charge is -2.16. The summed E-state index contributed by atoms with van der Waals surface area (Å²) >= 11 is 0. The van der Waals surface area contributed by atoms with Crippen LogP contribution in [0.15, 0.2) is 84.9 Å². The third-order valence-electron chi connectivity index (χ3n) is 5.77. The van der Waals surface area contributed by atoms with Gasteiger partial charge in [0.1, 0.15) is 12.4 Å². The first-order chi connectivity index (χ1) is 17.4. The average molecular weight is 487 g/mol. The number of anilines is 1. The Morgan fingerprint density at radius 3 is 2.39 bits per heavy atom. The van der Waals surface area contributed by atoms with Gasteiger partial charge in [-0.3, -0.25) is 4.79 Å². The number of nitrogens with one attached hydrogen (secondary N) is 2. The minimum absolute atomic E-state index is 0. The summed E-state index contributed by atoms with van der Waals surface area (Å²) in [6.45, 7) is 3.90. The summed E-state index contributed by atoms with van der Waals surface area (Å²) in [7, 11) is 3.45. The summed E-state index contributed by atoms with van der Waals surface area (Å²) in [6, 6.07) is 24.1. The molecule has 36 heavy (non-hydrogen) atoms. The maximum atomic E-state index is 11.5. The summed E-state index contributed by atoms with van der Waals surface area (Å²) in [6.07, 6.45) is 4.65. The molecule has 0 aromatic heterocycles. The van der Waals surface area contributed by atoms with Gasteiger partial charge in [-0.05, 0) is 59.0 Å². The molecule has 3 rings (SSSR count). The largest absolute Gasteiger partial charge is 0.492 e. The van der Waals surface area contributed by atoms with E-state index in [-0.39, 0.29) is 8.76 Å². The van der Waals surface area contributed by atoms with Gasteiger partial charge in [0, 0.05) is 53.6 Å². The number of rotatable bonds is 11. The van der Waals surface area contributed by atoms with Crippen LogP contribution in [-0.2, 0) is 4.79 Å². The van der Waals surface area contributed by atoms with Gasteiger partial charge in [0.2, 0.25) is 5.91 Å². The van der Waals surface area contributed by atoms with Gasteiger partial charge in [-0.1, -0.05) is 54.6 Å². The van der Waals surface area contributed by atoms with Crippen molar-refractivity contribution < 1.29 is 12.4 Å². The van der Waals surface area contributed by atoms with Crippen molar-refractivity contribution in [3.8, 4) is 5.75 Å². The molecule has 0 spiro atoms. The van der Waals surface area contributed by atoms with Crippen LogP contribution in [0, 0.1) is 5.41 Å². The molecule has 0 unspecified atom stereocenters. The number of likely N-dealkylation sites (N-methyl/N-ethyl adjacent to an activating group) is 1. The fourth-order valence-electron chi connectivity index (χ4n) is 3.74. The number of nitrogens with two attached hydrogens (primary N) is 1. The molecular formula is C30H38N4O2. The molecule has 0 aliphatic carbocycles. The predicted molar refractivity (Wildman–Crippen MR) is 154 cm³/mol. The molecule has 6 heteroatoms. The highest BCUT2D eigenvalue weighted by molar-refractivity contribution is 5.99. The molecule has 0 saturated carbocycles. The highest BCUT2D eigenvalue weighted by atomic mass is 16.5. The Hall–Kier alpha value is -4.16. The van der Waals surface area contributed by atoms with Crippen LogP contribution < -0.4 is 15.8 Å². The number of nitrogen functional groups attached to an aromatic ring is 1. The summed E-state index contributed by atoms with van der Waals surface area (Å²) in [5.74, 6) is 0.755. The molecule has 3 aromatic rings.